The van der Waals surface area contributed by atoms with Crippen molar-refractivity contribution in [2.24, 2.45) is 0 Å². The van der Waals surface area contributed by atoms with Gasteiger partial charge in [-0.1, -0.05) is 26.8 Å². The average Bonchev–Trinajstić information content (AvgIpc) is 3.65. The van der Waals surface area contributed by atoms with Crippen molar-refractivity contribution in [2.45, 2.75) is 63.2 Å². The Morgan fingerprint density at radius 3 is 2.46 bits per heavy atom. The van der Waals surface area contributed by atoms with Crippen molar-refractivity contribution in [2.75, 3.05) is 29.4 Å². The maximum atomic E-state index is 15.8. The molecule has 0 amide bonds. The highest BCUT2D eigenvalue weighted by molar-refractivity contribution is 7.93. The highest BCUT2D eigenvalue weighted by Crippen LogP contribution is 2.42. The first kappa shape index (κ1) is 28.1. The predicted molar refractivity (Wildman–Crippen MR) is 155 cm³/mol. The molecular weight excluding hydrogens is 560 g/mol. The summed E-state index contributed by atoms with van der Waals surface area (Å²) in [5, 5.41) is 3.74. The van der Waals surface area contributed by atoms with Gasteiger partial charge in [0.05, 0.1) is 43.2 Å². The zero-order valence-electron chi connectivity index (χ0n) is 22.4. The van der Waals surface area contributed by atoms with Crippen LogP contribution in [0, 0.1) is 5.82 Å². The molecule has 1 atom stereocenters. The Labute approximate surface area is 235 Å². The summed E-state index contributed by atoms with van der Waals surface area (Å²) in [4.78, 5) is 14.7. The Bertz CT molecular complexity index is 1490. The van der Waals surface area contributed by atoms with Gasteiger partial charge in [0.2, 0.25) is 16.0 Å². The quantitative estimate of drug-likeness (QED) is 0.387. The number of piperidine rings is 1. The fraction of sp³-hybridized carbons (Fsp3) is 0.500. The van der Waals surface area contributed by atoms with Crippen molar-refractivity contribution in [1.82, 2.24) is 19.3 Å². The maximum absolute atomic E-state index is 15.8. The van der Waals surface area contributed by atoms with E-state index in [9.17, 15) is 12.6 Å². The zero-order chi connectivity index (χ0) is 27.9. The smallest absolute Gasteiger partial charge is 0.235 e. The molecule has 2 aliphatic rings. The minimum atomic E-state index is -3.63. The number of anilines is 2. The van der Waals surface area contributed by atoms with E-state index in [4.69, 9.17) is 9.97 Å². The number of halogens is 1. The van der Waals surface area contributed by atoms with Gasteiger partial charge in [0.25, 0.3) is 0 Å². The summed E-state index contributed by atoms with van der Waals surface area (Å²) in [6.45, 7) is 7.58. The van der Waals surface area contributed by atoms with E-state index in [0.29, 0.717) is 35.1 Å². The molecule has 1 saturated heterocycles. The van der Waals surface area contributed by atoms with Gasteiger partial charge >= 0.3 is 0 Å². The second-order valence-electron chi connectivity index (χ2n) is 11.0. The molecule has 2 N–H and O–H groups in total. The van der Waals surface area contributed by atoms with Crippen molar-refractivity contribution in [3.63, 3.8) is 0 Å². The summed E-state index contributed by atoms with van der Waals surface area (Å²) in [5.41, 5.74) is 0.853. The molecular formula is C26H33FN6O3S3. The molecule has 2 aromatic heterocycles. The van der Waals surface area contributed by atoms with Gasteiger partial charge in [-0.2, -0.15) is 0 Å². The first-order chi connectivity index (χ1) is 18.4. The molecule has 13 heteroatoms. The number of aromatic nitrogens is 3. The first-order valence-corrected chi connectivity index (χ1v) is 16.8. The van der Waals surface area contributed by atoms with E-state index in [1.54, 1.807) is 30.7 Å². The molecule has 1 unspecified atom stereocenters. The Kier molecular flexibility index (Phi) is 7.79. The molecule has 210 valence electrons. The third-order valence-electron chi connectivity index (χ3n) is 6.78. The number of hydrogen-bond donors (Lipinski definition) is 2. The van der Waals surface area contributed by atoms with E-state index < -0.39 is 32.1 Å². The fourth-order valence-corrected chi connectivity index (χ4v) is 7.62. The molecule has 1 aromatic carbocycles. The van der Waals surface area contributed by atoms with Crippen molar-refractivity contribution in [3.05, 3.63) is 41.3 Å². The van der Waals surface area contributed by atoms with Crippen LogP contribution in [0.1, 0.15) is 51.5 Å². The van der Waals surface area contributed by atoms with E-state index >= 15 is 4.39 Å². The highest BCUT2D eigenvalue weighted by atomic mass is 32.2. The maximum Gasteiger partial charge on any atom is 0.235 e. The second kappa shape index (κ2) is 10.8. The number of nitrogens with zero attached hydrogens (tertiary/aromatic N) is 4. The van der Waals surface area contributed by atoms with E-state index in [-0.39, 0.29) is 22.7 Å². The van der Waals surface area contributed by atoms with Crippen LogP contribution < -0.4 is 10.0 Å². The Balaban J connectivity index is 1.48. The summed E-state index contributed by atoms with van der Waals surface area (Å²) in [7, 11) is -4.60. The molecule has 3 heterocycles. The van der Waals surface area contributed by atoms with Gasteiger partial charge in [0.15, 0.2) is 5.82 Å². The van der Waals surface area contributed by atoms with Crippen LogP contribution in [-0.4, -0.2) is 62.5 Å². The Morgan fingerprint density at radius 2 is 1.82 bits per heavy atom. The van der Waals surface area contributed by atoms with Gasteiger partial charge in [0.1, 0.15) is 0 Å². The molecule has 1 aliphatic heterocycles. The summed E-state index contributed by atoms with van der Waals surface area (Å²) in [6, 6.07) is 6.60. The topological polar surface area (TPSA) is 117 Å². The van der Waals surface area contributed by atoms with Crippen LogP contribution >= 0.6 is 11.3 Å². The van der Waals surface area contributed by atoms with Crippen LogP contribution in [-0.2, 0) is 26.4 Å². The third kappa shape index (κ3) is 6.31. The fourth-order valence-electron chi connectivity index (χ4n) is 4.40. The number of rotatable bonds is 8. The summed E-state index contributed by atoms with van der Waals surface area (Å²) >= 11 is 1.44. The van der Waals surface area contributed by atoms with Gasteiger partial charge in [-0.25, -0.2) is 36.3 Å². The lowest BCUT2D eigenvalue weighted by molar-refractivity contribution is 0.346. The summed E-state index contributed by atoms with van der Waals surface area (Å²) in [6.07, 6.45) is 6.17. The molecule has 0 radical (unpaired) electrons. The van der Waals surface area contributed by atoms with Gasteiger partial charge in [-0.15, -0.1) is 11.3 Å². The average molecular weight is 593 g/mol. The van der Waals surface area contributed by atoms with E-state index in [1.807, 2.05) is 25.1 Å². The van der Waals surface area contributed by atoms with Gasteiger partial charge in [-0.05, 0) is 43.9 Å². The van der Waals surface area contributed by atoms with Crippen LogP contribution in [0.15, 0.2) is 30.5 Å². The van der Waals surface area contributed by atoms with Crippen LogP contribution in [0.2, 0.25) is 0 Å². The number of nitrogens with one attached hydrogen (secondary N) is 2. The second-order valence-corrected chi connectivity index (χ2v) is 15.3. The van der Waals surface area contributed by atoms with Crippen LogP contribution in [0.25, 0.3) is 21.8 Å². The SMILES string of the molecule is CS(=O)N1CCC(Nc2nccc(-c3sc(C(C)(C)C)nc3-c3cccc(NS(=O)(=O)C4CC4)c3F)n2)CC1. The molecule has 39 heavy (non-hydrogen) atoms. The minimum Gasteiger partial charge on any atom is -0.351 e. The Morgan fingerprint density at radius 1 is 1.10 bits per heavy atom. The monoisotopic (exact) mass is 592 g/mol. The van der Waals surface area contributed by atoms with Crippen LogP contribution in [0.5, 0.6) is 0 Å². The van der Waals surface area contributed by atoms with Crippen molar-refractivity contribution in [1.29, 1.82) is 0 Å². The summed E-state index contributed by atoms with van der Waals surface area (Å²) in [5.74, 6) is -0.201. The van der Waals surface area contributed by atoms with E-state index in [1.165, 1.54) is 17.4 Å². The van der Waals surface area contributed by atoms with Crippen LogP contribution in [0.3, 0.4) is 0 Å². The lowest BCUT2D eigenvalue weighted by atomic mass is 9.98. The number of thiazole rings is 1. The van der Waals surface area contributed by atoms with Gasteiger partial charge in [-0.3, -0.25) is 4.72 Å². The normalized spacial score (nSPS) is 18.2. The van der Waals surface area contributed by atoms with Gasteiger partial charge in [0, 0.05) is 42.6 Å². The molecule has 5 rings (SSSR count). The third-order valence-corrected chi connectivity index (χ3v) is 11.2. The largest absolute Gasteiger partial charge is 0.351 e. The zero-order valence-corrected chi connectivity index (χ0v) is 24.8. The van der Waals surface area contributed by atoms with Gasteiger partial charge < -0.3 is 5.32 Å². The number of sulfonamides is 1. The van der Waals surface area contributed by atoms with Crippen molar-refractivity contribution >= 4 is 44.0 Å². The molecule has 2 fully saturated rings. The number of benzene rings is 1. The lowest BCUT2D eigenvalue weighted by Crippen LogP contribution is -2.39. The minimum absolute atomic E-state index is 0.0833. The highest BCUT2D eigenvalue weighted by Gasteiger charge is 2.36. The molecule has 1 saturated carbocycles. The van der Waals surface area contributed by atoms with E-state index in [0.717, 1.165) is 30.9 Å². The summed E-state index contributed by atoms with van der Waals surface area (Å²) < 4.78 is 57.0. The molecule has 3 aromatic rings. The van der Waals surface area contributed by atoms with E-state index in [2.05, 4.69) is 15.0 Å². The predicted octanol–water partition coefficient (Wildman–Crippen LogP) is 4.78. The standard InChI is InChI=1S/C26H33FN6O3S3/c1-26(2,3)24-31-22(18-6-5-7-19(21(18)27)32-39(35,36)17-8-9-17)23(37-24)20-10-13-28-25(30-20)29-16-11-14-33(15-12-16)38(4)34/h5-7,10,13,16-17,32H,8-9,11-12,14-15H2,1-4H3,(H,28,29,30). The molecule has 9 nitrogen and oxygen atoms in total. The van der Waals surface area contributed by atoms with Crippen molar-refractivity contribution in [3.8, 4) is 21.8 Å². The molecule has 0 spiro atoms. The van der Waals surface area contributed by atoms with Crippen LogP contribution in [0.4, 0.5) is 16.0 Å². The first-order valence-electron chi connectivity index (χ1n) is 12.9. The Hall–Kier alpha value is -2.48. The molecule has 1 aliphatic carbocycles. The molecule has 0 bridgehead atoms. The lowest BCUT2D eigenvalue weighted by Gasteiger charge is -2.30. The number of hydrogen-bond acceptors (Lipinski definition) is 8. The van der Waals surface area contributed by atoms with Crippen molar-refractivity contribution < 1.29 is 17.0 Å².